The van der Waals surface area contributed by atoms with E-state index in [1.54, 1.807) is 26.1 Å². The van der Waals surface area contributed by atoms with Crippen molar-refractivity contribution in [3.05, 3.63) is 29.8 Å². The third kappa shape index (κ3) is 3.76. The van der Waals surface area contributed by atoms with Crippen LogP contribution < -0.4 is 5.46 Å². The molecule has 1 aromatic rings. The van der Waals surface area contributed by atoms with Crippen molar-refractivity contribution in [3.8, 4) is 0 Å². The fourth-order valence-corrected chi connectivity index (χ4v) is 2.46. The quantitative estimate of drug-likeness (QED) is 0.853. The topological polar surface area (TPSA) is 59.0 Å². The van der Waals surface area contributed by atoms with Crippen LogP contribution in [0.25, 0.3) is 0 Å². The third-order valence-corrected chi connectivity index (χ3v) is 4.57. The maximum absolute atomic E-state index is 12.3. The summed E-state index contributed by atoms with van der Waals surface area (Å²) in [4.78, 5) is 13.8. The highest BCUT2D eigenvalue weighted by Crippen LogP contribution is 2.36. The molecule has 1 saturated heterocycles. The van der Waals surface area contributed by atoms with Gasteiger partial charge in [0.15, 0.2) is 0 Å². The van der Waals surface area contributed by atoms with Gasteiger partial charge in [0.2, 0.25) is 0 Å². The van der Waals surface area contributed by atoms with Gasteiger partial charge in [0.1, 0.15) is 0 Å². The Morgan fingerprint density at radius 2 is 1.65 bits per heavy atom. The molecule has 2 rings (SSSR count). The number of nitrogens with zero attached hydrogens (tertiary/aromatic N) is 1. The number of aliphatic hydroxyl groups excluding tert-OH is 1. The van der Waals surface area contributed by atoms with E-state index < -0.39 is 13.2 Å². The minimum atomic E-state index is -0.548. The molecule has 0 unspecified atom stereocenters. The molecule has 1 aliphatic heterocycles. The van der Waals surface area contributed by atoms with E-state index in [4.69, 9.17) is 9.31 Å². The van der Waals surface area contributed by atoms with Gasteiger partial charge < -0.3 is 19.3 Å². The van der Waals surface area contributed by atoms with Crippen LogP contribution in [0.2, 0.25) is 0 Å². The molecular formula is C17H26BNO4. The minimum Gasteiger partial charge on any atom is -0.399 e. The SMILES string of the molecule is C[C@H](O)CN(C)C(=O)c1ccc(B2OC(C)(C)C(C)(C)O2)cc1. The zero-order valence-electron chi connectivity index (χ0n) is 14.8. The molecule has 0 bridgehead atoms. The van der Waals surface area contributed by atoms with Crippen LogP contribution in [0.3, 0.4) is 0 Å². The summed E-state index contributed by atoms with van der Waals surface area (Å²) in [6.07, 6.45) is -0.548. The third-order valence-electron chi connectivity index (χ3n) is 4.57. The molecule has 126 valence electrons. The van der Waals surface area contributed by atoms with Crippen LogP contribution >= 0.6 is 0 Å². The van der Waals surface area contributed by atoms with Crippen molar-refractivity contribution in [2.75, 3.05) is 13.6 Å². The van der Waals surface area contributed by atoms with Crippen LogP contribution in [0.15, 0.2) is 24.3 Å². The zero-order chi connectivity index (χ0) is 17.4. The first-order chi connectivity index (χ1) is 10.5. The molecule has 1 fully saturated rings. The number of carbonyl (C=O) groups is 1. The molecule has 5 nitrogen and oxygen atoms in total. The Kier molecular flexibility index (Phi) is 4.90. The zero-order valence-corrected chi connectivity index (χ0v) is 14.8. The molecule has 1 heterocycles. The molecule has 0 radical (unpaired) electrons. The van der Waals surface area contributed by atoms with Gasteiger partial charge in [0.05, 0.1) is 17.3 Å². The minimum absolute atomic E-state index is 0.119. The Morgan fingerprint density at radius 1 is 1.17 bits per heavy atom. The summed E-state index contributed by atoms with van der Waals surface area (Å²) in [6.45, 7) is 10.0. The van der Waals surface area contributed by atoms with E-state index in [-0.39, 0.29) is 17.1 Å². The molecule has 0 aromatic heterocycles. The summed E-state index contributed by atoms with van der Waals surface area (Å²) in [5.41, 5.74) is 0.694. The van der Waals surface area contributed by atoms with Crippen LogP contribution in [0.5, 0.6) is 0 Å². The normalized spacial score (nSPS) is 20.4. The van der Waals surface area contributed by atoms with Crippen LogP contribution in [0.1, 0.15) is 45.0 Å². The molecule has 23 heavy (non-hydrogen) atoms. The molecule has 0 spiro atoms. The molecule has 1 N–H and O–H groups in total. The monoisotopic (exact) mass is 319 g/mol. The van der Waals surface area contributed by atoms with Gasteiger partial charge in [0.25, 0.3) is 5.91 Å². The van der Waals surface area contributed by atoms with Gasteiger partial charge in [0, 0.05) is 19.2 Å². The number of hydrogen-bond donors (Lipinski definition) is 1. The second kappa shape index (κ2) is 6.26. The maximum atomic E-state index is 12.3. The Labute approximate surface area is 138 Å². The highest BCUT2D eigenvalue weighted by atomic mass is 16.7. The van der Waals surface area contributed by atoms with E-state index in [2.05, 4.69) is 0 Å². The molecule has 0 saturated carbocycles. The predicted octanol–water partition coefficient (Wildman–Crippen LogP) is 1.44. The van der Waals surface area contributed by atoms with Gasteiger partial charge in [-0.25, -0.2) is 0 Å². The summed E-state index contributed by atoms with van der Waals surface area (Å²) in [5.74, 6) is -0.119. The largest absolute Gasteiger partial charge is 0.494 e. The molecule has 0 aliphatic carbocycles. The van der Waals surface area contributed by atoms with Gasteiger partial charge in [-0.3, -0.25) is 4.79 Å². The van der Waals surface area contributed by atoms with Crippen molar-refractivity contribution >= 4 is 18.5 Å². The number of rotatable bonds is 4. The van der Waals surface area contributed by atoms with E-state index in [0.717, 1.165) is 5.46 Å². The number of carbonyl (C=O) groups excluding carboxylic acids is 1. The predicted molar refractivity (Wildman–Crippen MR) is 90.8 cm³/mol. The first-order valence-electron chi connectivity index (χ1n) is 7.92. The first kappa shape index (κ1) is 18.0. The number of aliphatic hydroxyl groups is 1. The molecule has 1 aliphatic rings. The average molecular weight is 319 g/mol. The lowest BCUT2D eigenvalue weighted by Crippen LogP contribution is -2.41. The Hall–Kier alpha value is -1.37. The molecule has 1 atom stereocenters. The fourth-order valence-electron chi connectivity index (χ4n) is 2.46. The average Bonchev–Trinajstić information content (AvgIpc) is 2.66. The molecule has 1 aromatic carbocycles. The highest BCUT2D eigenvalue weighted by Gasteiger charge is 2.51. The van der Waals surface area contributed by atoms with Crippen LogP contribution in [0.4, 0.5) is 0 Å². The number of likely N-dealkylation sites (N-methyl/N-ethyl adjacent to an activating group) is 1. The number of hydrogen-bond acceptors (Lipinski definition) is 4. The lowest BCUT2D eigenvalue weighted by atomic mass is 9.79. The summed E-state index contributed by atoms with van der Waals surface area (Å²) < 4.78 is 12.0. The van der Waals surface area contributed by atoms with E-state index in [9.17, 15) is 9.90 Å². The number of amides is 1. The summed E-state index contributed by atoms with van der Waals surface area (Å²) in [7, 11) is 1.25. The van der Waals surface area contributed by atoms with E-state index in [0.29, 0.717) is 12.1 Å². The van der Waals surface area contributed by atoms with E-state index >= 15 is 0 Å². The second-order valence-electron chi connectivity index (χ2n) is 7.24. The molecule has 1 amide bonds. The summed E-state index contributed by atoms with van der Waals surface area (Å²) in [5, 5.41) is 9.38. The summed E-state index contributed by atoms with van der Waals surface area (Å²) >= 11 is 0. The standard InChI is InChI=1S/C17H26BNO4/c1-12(20)11-19(6)15(21)13-7-9-14(10-8-13)18-22-16(2,3)17(4,5)23-18/h7-10,12,20H,11H2,1-6H3/t12-/m0/s1. The number of benzene rings is 1. The van der Waals surface area contributed by atoms with Crippen molar-refractivity contribution in [2.24, 2.45) is 0 Å². The van der Waals surface area contributed by atoms with Gasteiger partial charge >= 0.3 is 7.12 Å². The van der Waals surface area contributed by atoms with Crippen molar-refractivity contribution < 1.29 is 19.2 Å². The van der Waals surface area contributed by atoms with Gasteiger partial charge in [-0.1, -0.05) is 12.1 Å². The lowest BCUT2D eigenvalue weighted by molar-refractivity contribution is 0.00578. The Balaban J connectivity index is 2.10. The smallest absolute Gasteiger partial charge is 0.399 e. The highest BCUT2D eigenvalue weighted by molar-refractivity contribution is 6.62. The van der Waals surface area contributed by atoms with Gasteiger partial charge in [-0.05, 0) is 52.2 Å². The van der Waals surface area contributed by atoms with Gasteiger partial charge in [-0.15, -0.1) is 0 Å². The van der Waals surface area contributed by atoms with Crippen LogP contribution in [0, 0.1) is 0 Å². The molecular weight excluding hydrogens is 293 g/mol. The second-order valence-corrected chi connectivity index (χ2v) is 7.24. The van der Waals surface area contributed by atoms with Crippen LogP contribution in [-0.4, -0.2) is 53.9 Å². The van der Waals surface area contributed by atoms with E-state index in [1.165, 1.54) is 4.90 Å². The maximum Gasteiger partial charge on any atom is 0.494 e. The lowest BCUT2D eigenvalue weighted by Gasteiger charge is -2.32. The van der Waals surface area contributed by atoms with Crippen molar-refractivity contribution in [1.82, 2.24) is 4.90 Å². The molecule has 6 heteroatoms. The van der Waals surface area contributed by atoms with Crippen LogP contribution in [-0.2, 0) is 9.31 Å². The van der Waals surface area contributed by atoms with Crippen molar-refractivity contribution in [3.63, 3.8) is 0 Å². The van der Waals surface area contributed by atoms with E-state index in [1.807, 2.05) is 39.8 Å². The van der Waals surface area contributed by atoms with Gasteiger partial charge in [-0.2, -0.15) is 0 Å². The van der Waals surface area contributed by atoms with Crippen molar-refractivity contribution in [2.45, 2.75) is 51.9 Å². The Morgan fingerprint density at radius 3 is 2.09 bits per heavy atom. The van der Waals surface area contributed by atoms with Crippen molar-refractivity contribution in [1.29, 1.82) is 0 Å². The first-order valence-corrected chi connectivity index (χ1v) is 7.92. The Bertz CT molecular complexity index is 552. The fraction of sp³-hybridized carbons (Fsp3) is 0.588. The summed E-state index contributed by atoms with van der Waals surface area (Å²) in [6, 6.07) is 7.24.